The molecule has 0 atom stereocenters. The molecule has 0 aliphatic carbocycles. The van der Waals surface area contributed by atoms with Crippen LogP contribution in [0, 0.1) is 0 Å². The molecule has 0 bridgehead atoms. The molecule has 6 heteroatoms. The number of hydrogen-bond donors (Lipinski definition) is 1. The number of carbonyl (C=O) groups is 1. The SMILES string of the molecule is COc1ccc(-[n+]2cccc(-c3ccc(CC(N)=O)c4ccccc34)c2)cc1N1CCN(C)CC1. The van der Waals surface area contributed by atoms with Gasteiger partial charge < -0.3 is 20.3 Å². The monoisotopic (exact) mass is 467 g/mol. The van der Waals surface area contributed by atoms with Crippen LogP contribution < -0.4 is 19.9 Å². The van der Waals surface area contributed by atoms with Gasteiger partial charge in [-0.25, -0.2) is 0 Å². The third-order valence-electron chi connectivity index (χ3n) is 6.80. The van der Waals surface area contributed by atoms with Crippen LogP contribution in [0.2, 0.25) is 0 Å². The molecule has 0 unspecified atom stereocenters. The Balaban J connectivity index is 1.55. The molecule has 1 amide bonds. The second-order valence-corrected chi connectivity index (χ2v) is 9.11. The number of nitrogens with zero attached hydrogens (tertiary/aromatic N) is 3. The zero-order chi connectivity index (χ0) is 24.4. The highest BCUT2D eigenvalue weighted by atomic mass is 16.5. The van der Waals surface area contributed by atoms with Gasteiger partial charge in [-0.2, -0.15) is 4.57 Å². The number of benzene rings is 3. The van der Waals surface area contributed by atoms with Crippen LogP contribution in [0.1, 0.15) is 5.56 Å². The van der Waals surface area contributed by atoms with Crippen LogP contribution in [0.4, 0.5) is 5.69 Å². The molecule has 2 heterocycles. The number of primary amides is 1. The Morgan fingerprint density at radius 3 is 2.49 bits per heavy atom. The molecule has 1 fully saturated rings. The van der Waals surface area contributed by atoms with Crippen molar-refractivity contribution in [1.29, 1.82) is 0 Å². The molecule has 0 spiro atoms. The minimum atomic E-state index is -0.323. The Bertz CT molecular complexity index is 1380. The largest absolute Gasteiger partial charge is 0.495 e. The van der Waals surface area contributed by atoms with E-state index in [1.165, 1.54) is 0 Å². The predicted molar refractivity (Wildman–Crippen MR) is 140 cm³/mol. The lowest BCUT2D eigenvalue weighted by atomic mass is 9.94. The molecule has 35 heavy (non-hydrogen) atoms. The standard InChI is InChI=1S/C29H30N4O2/c1-31-14-16-32(17-15-31)27-19-23(10-12-28(27)35-2)33-13-5-6-22(20-33)25-11-9-21(18-29(30)34)24-7-3-4-8-26(24)25/h3-13,19-20H,14-18H2,1-2H3,(H-,30,34)/p+1. The molecule has 0 saturated carbocycles. The first kappa shape index (κ1) is 22.9. The van der Waals surface area contributed by atoms with Gasteiger partial charge in [-0.05, 0) is 41.1 Å². The third kappa shape index (κ3) is 4.70. The number of piperazine rings is 1. The molecular formula is C29H31N4O2+. The van der Waals surface area contributed by atoms with Crippen molar-refractivity contribution >= 4 is 22.4 Å². The van der Waals surface area contributed by atoms with Crippen molar-refractivity contribution in [3.8, 4) is 22.6 Å². The quantitative estimate of drug-likeness (QED) is 0.441. The summed E-state index contributed by atoms with van der Waals surface area (Å²) in [5, 5.41) is 2.16. The van der Waals surface area contributed by atoms with Crippen molar-refractivity contribution < 1.29 is 14.1 Å². The molecule has 5 rings (SSSR count). The van der Waals surface area contributed by atoms with Crippen molar-refractivity contribution in [2.45, 2.75) is 6.42 Å². The summed E-state index contributed by atoms with van der Waals surface area (Å²) in [6.45, 7) is 4.03. The lowest BCUT2D eigenvalue weighted by Crippen LogP contribution is -2.44. The molecule has 0 radical (unpaired) electrons. The number of likely N-dealkylation sites (N-methyl/N-ethyl adjacent to an activating group) is 1. The molecule has 1 saturated heterocycles. The van der Waals surface area contributed by atoms with E-state index in [1.54, 1.807) is 7.11 Å². The minimum Gasteiger partial charge on any atom is -0.495 e. The zero-order valence-corrected chi connectivity index (χ0v) is 20.3. The number of fused-ring (bicyclic) bond motifs is 1. The molecule has 1 aromatic heterocycles. The van der Waals surface area contributed by atoms with Gasteiger partial charge in [0.1, 0.15) is 5.75 Å². The van der Waals surface area contributed by atoms with Crippen LogP contribution in [0.3, 0.4) is 0 Å². The number of aromatic nitrogens is 1. The van der Waals surface area contributed by atoms with Gasteiger partial charge >= 0.3 is 0 Å². The predicted octanol–water partition coefficient (Wildman–Crippen LogP) is 3.57. The van der Waals surface area contributed by atoms with Gasteiger partial charge in [0, 0.05) is 49.9 Å². The van der Waals surface area contributed by atoms with Gasteiger partial charge in [-0.1, -0.05) is 36.4 Å². The first-order valence-electron chi connectivity index (χ1n) is 12.0. The molecule has 2 N–H and O–H groups in total. The minimum absolute atomic E-state index is 0.233. The first-order valence-corrected chi connectivity index (χ1v) is 12.0. The van der Waals surface area contributed by atoms with Crippen LogP contribution in [0.15, 0.2) is 79.1 Å². The van der Waals surface area contributed by atoms with Crippen LogP contribution >= 0.6 is 0 Å². The summed E-state index contributed by atoms with van der Waals surface area (Å²) in [5.74, 6) is 0.571. The lowest BCUT2D eigenvalue weighted by Gasteiger charge is -2.34. The van der Waals surface area contributed by atoms with Gasteiger partial charge in [0.2, 0.25) is 11.6 Å². The van der Waals surface area contributed by atoms with E-state index in [2.05, 4.69) is 82.3 Å². The number of pyridine rings is 1. The van der Waals surface area contributed by atoms with Crippen LogP contribution in [0.5, 0.6) is 5.75 Å². The summed E-state index contributed by atoms with van der Waals surface area (Å²) in [6.07, 6.45) is 4.46. The van der Waals surface area contributed by atoms with E-state index in [1.807, 2.05) is 18.2 Å². The average molecular weight is 468 g/mol. The summed E-state index contributed by atoms with van der Waals surface area (Å²) in [5.41, 5.74) is 10.9. The van der Waals surface area contributed by atoms with Gasteiger partial charge in [-0.15, -0.1) is 0 Å². The van der Waals surface area contributed by atoms with Crippen molar-refractivity contribution in [1.82, 2.24) is 4.90 Å². The Morgan fingerprint density at radius 2 is 1.74 bits per heavy atom. The molecule has 4 aromatic rings. The Hall–Kier alpha value is -3.90. The highest BCUT2D eigenvalue weighted by molar-refractivity contribution is 5.99. The van der Waals surface area contributed by atoms with E-state index in [9.17, 15) is 4.79 Å². The number of methoxy groups -OCH3 is 1. The summed E-state index contributed by atoms with van der Waals surface area (Å²) in [6, 6.07) is 22.8. The first-order chi connectivity index (χ1) is 17.0. The number of carbonyl (C=O) groups excluding carboxylic acids is 1. The fourth-order valence-corrected chi connectivity index (χ4v) is 4.88. The van der Waals surface area contributed by atoms with E-state index < -0.39 is 0 Å². The van der Waals surface area contributed by atoms with Crippen molar-refractivity contribution in [2.24, 2.45) is 5.73 Å². The van der Waals surface area contributed by atoms with E-state index in [0.717, 1.165) is 70.8 Å². The number of nitrogens with two attached hydrogens (primary N) is 1. The van der Waals surface area contributed by atoms with Crippen molar-refractivity contribution in [3.05, 3.63) is 84.7 Å². The second kappa shape index (κ2) is 9.76. The number of hydrogen-bond acceptors (Lipinski definition) is 4. The van der Waals surface area contributed by atoms with Crippen LogP contribution in [-0.2, 0) is 11.2 Å². The maximum absolute atomic E-state index is 11.6. The van der Waals surface area contributed by atoms with Gasteiger partial charge in [0.05, 0.1) is 19.2 Å². The smallest absolute Gasteiger partial charge is 0.221 e. The summed E-state index contributed by atoms with van der Waals surface area (Å²) in [7, 11) is 3.89. The summed E-state index contributed by atoms with van der Waals surface area (Å²) >= 11 is 0. The van der Waals surface area contributed by atoms with E-state index >= 15 is 0 Å². The highest BCUT2D eigenvalue weighted by Crippen LogP contribution is 2.32. The molecule has 1 aliphatic heterocycles. The molecular weight excluding hydrogens is 436 g/mol. The molecule has 1 aliphatic rings. The highest BCUT2D eigenvalue weighted by Gasteiger charge is 2.21. The second-order valence-electron chi connectivity index (χ2n) is 9.11. The fraction of sp³-hybridized carbons (Fsp3) is 0.241. The van der Waals surface area contributed by atoms with Crippen molar-refractivity contribution in [2.75, 3.05) is 45.2 Å². The zero-order valence-electron chi connectivity index (χ0n) is 20.3. The van der Waals surface area contributed by atoms with E-state index in [0.29, 0.717) is 0 Å². The van der Waals surface area contributed by atoms with Gasteiger partial charge in [0.25, 0.3) is 0 Å². The lowest BCUT2D eigenvalue weighted by molar-refractivity contribution is -0.595. The topological polar surface area (TPSA) is 62.7 Å². The number of rotatable bonds is 6. The third-order valence-corrected chi connectivity index (χ3v) is 6.80. The van der Waals surface area contributed by atoms with E-state index in [-0.39, 0.29) is 12.3 Å². The Labute approximate surface area is 206 Å². The molecule has 6 nitrogen and oxygen atoms in total. The van der Waals surface area contributed by atoms with Gasteiger partial charge in [0.15, 0.2) is 12.4 Å². The van der Waals surface area contributed by atoms with Crippen LogP contribution in [0.25, 0.3) is 27.6 Å². The fourth-order valence-electron chi connectivity index (χ4n) is 4.88. The molecule has 178 valence electrons. The summed E-state index contributed by atoms with van der Waals surface area (Å²) in [4.78, 5) is 16.3. The number of ether oxygens (including phenoxy) is 1. The van der Waals surface area contributed by atoms with Gasteiger partial charge in [-0.3, -0.25) is 4.79 Å². The maximum atomic E-state index is 11.6. The molecule has 3 aromatic carbocycles. The van der Waals surface area contributed by atoms with Crippen molar-refractivity contribution in [3.63, 3.8) is 0 Å². The Morgan fingerprint density at radius 1 is 0.971 bits per heavy atom. The number of amides is 1. The number of anilines is 1. The summed E-state index contributed by atoms with van der Waals surface area (Å²) < 4.78 is 7.85. The maximum Gasteiger partial charge on any atom is 0.221 e. The normalized spacial score (nSPS) is 14.3. The Kier molecular flexibility index (Phi) is 6.38. The van der Waals surface area contributed by atoms with E-state index in [4.69, 9.17) is 10.5 Å². The average Bonchev–Trinajstić information content (AvgIpc) is 2.89. The van der Waals surface area contributed by atoms with Crippen LogP contribution in [-0.4, -0.2) is 51.1 Å².